The molecule has 2 aliphatic heterocycles. The van der Waals surface area contributed by atoms with Gasteiger partial charge in [-0.15, -0.1) is 0 Å². The number of amides is 2. The van der Waals surface area contributed by atoms with Gasteiger partial charge in [-0.3, -0.25) is 9.59 Å². The van der Waals surface area contributed by atoms with Crippen molar-refractivity contribution in [1.29, 1.82) is 0 Å². The van der Waals surface area contributed by atoms with Crippen molar-refractivity contribution in [3.8, 4) is 5.75 Å². The monoisotopic (exact) mass is 374 g/mol. The Bertz CT molecular complexity index is 702. The van der Waals surface area contributed by atoms with Gasteiger partial charge in [-0.05, 0) is 56.4 Å². The summed E-state index contributed by atoms with van der Waals surface area (Å²) < 4.78 is 18.4. The molecule has 0 unspecified atom stereocenters. The molecule has 2 heterocycles. The van der Waals surface area contributed by atoms with Gasteiger partial charge in [0.1, 0.15) is 11.6 Å². The van der Waals surface area contributed by atoms with Crippen molar-refractivity contribution < 1.29 is 18.7 Å². The maximum absolute atomic E-state index is 13.2. The van der Waals surface area contributed by atoms with Crippen LogP contribution in [-0.4, -0.2) is 53.9 Å². The van der Waals surface area contributed by atoms with Crippen molar-refractivity contribution in [1.82, 2.24) is 9.80 Å². The van der Waals surface area contributed by atoms with Crippen LogP contribution in [-0.2, 0) is 9.59 Å². The number of carbonyl (C=O) groups is 2. The molecule has 3 fully saturated rings. The average molecular weight is 374 g/mol. The molecule has 5 nitrogen and oxygen atoms in total. The second-order valence-corrected chi connectivity index (χ2v) is 8.13. The first kappa shape index (κ1) is 18.3. The summed E-state index contributed by atoms with van der Waals surface area (Å²) in [6.07, 6.45) is 7.32. The van der Waals surface area contributed by atoms with E-state index in [1.54, 1.807) is 4.90 Å². The number of rotatable bonds is 4. The van der Waals surface area contributed by atoms with Gasteiger partial charge in [0.2, 0.25) is 5.91 Å². The van der Waals surface area contributed by atoms with Crippen LogP contribution in [0, 0.1) is 11.2 Å². The predicted molar refractivity (Wildman–Crippen MR) is 98.7 cm³/mol. The van der Waals surface area contributed by atoms with Crippen LogP contribution >= 0.6 is 0 Å². The highest BCUT2D eigenvalue weighted by Crippen LogP contribution is 2.42. The van der Waals surface area contributed by atoms with Gasteiger partial charge in [0.05, 0.1) is 5.41 Å². The quantitative estimate of drug-likeness (QED) is 0.814. The van der Waals surface area contributed by atoms with Crippen molar-refractivity contribution in [3.63, 3.8) is 0 Å². The summed E-state index contributed by atoms with van der Waals surface area (Å²) >= 11 is 0. The number of ether oxygens (including phenoxy) is 1. The van der Waals surface area contributed by atoms with Crippen molar-refractivity contribution in [2.45, 2.75) is 51.0 Å². The van der Waals surface area contributed by atoms with E-state index < -0.39 is 5.41 Å². The van der Waals surface area contributed by atoms with Gasteiger partial charge in [-0.1, -0.05) is 12.8 Å². The maximum atomic E-state index is 13.2. The number of carbonyl (C=O) groups excluding carboxylic acids is 2. The molecule has 1 spiro atoms. The molecule has 1 aliphatic carbocycles. The lowest BCUT2D eigenvalue weighted by molar-refractivity contribution is -0.148. The fraction of sp³-hybridized carbons (Fsp3) is 0.619. The Morgan fingerprint density at radius 1 is 1.11 bits per heavy atom. The van der Waals surface area contributed by atoms with Gasteiger partial charge < -0.3 is 14.5 Å². The Morgan fingerprint density at radius 2 is 1.85 bits per heavy atom. The second-order valence-electron chi connectivity index (χ2n) is 8.13. The van der Waals surface area contributed by atoms with Gasteiger partial charge in [0.15, 0.2) is 6.61 Å². The Morgan fingerprint density at radius 3 is 2.59 bits per heavy atom. The van der Waals surface area contributed by atoms with Crippen LogP contribution in [0.5, 0.6) is 5.75 Å². The zero-order valence-corrected chi connectivity index (χ0v) is 15.7. The van der Waals surface area contributed by atoms with Crippen molar-refractivity contribution in [2.24, 2.45) is 5.41 Å². The summed E-state index contributed by atoms with van der Waals surface area (Å²) in [4.78, 5) is 29.7. The van der Waals surface area contributed by atoms with Crippen LogP contribution in [0.25, 0.3) is 0 Å². The first-order chi connectivity index (χ1) is 13.1. The van der Waals surface area contributed by atoms with E-state index in [1.807, 2.05) is 0 Å². The molecular weight excluding hydrogens is 347 g/mol. The molecule has 0 radical (unpaired) electrons. The van der Waals surface area contributed by atoms with E-state index in [9.17, 15) is 14.0 Å². The van der Waals surface area contributed by atoms with Crippen LogP contribution in [0.15, 0.2) is 24.3 Å². The van der Waals surface area contributed by atoms with E-state index in [1.165, 1.54) is 37.1 Å². The van der Waals surface area contributed by atoms with Gasteiger partial charge in [-0.25, -0.2) is 4.39 Å². The molecule has 0 bridgehead atoms. The number of likely N-dealkylation sites (tertiary alicyclic amines) is 2. The van der Waals surface area contributed by atoms with Gasteiger partial charge >= 0.3 is 0 Å². The van der Waals surface area contributed by atoms with E-state index in [0.717, 1.165) is 38.6 Å². The fourth-order valence-electron chi connectivity index (χ4n) is 4.90. The molecule has 1 saturated carbocycles. The Labute approximate surface area is 159 Å². The Balaban J connectivity index is 1.36. The minimum Gasteiger partial charge on any atom is -0.484 e. The van der Waals surface area contributed by atoms with Gasteiger partial charge in [-0.2, -0.15) is 0 Å². The molecule has 1 aromatic rings. The number of nitrogens with zero attached hydrogens (tertiary/aromatic N) is 2. The molecule has 2 amide bonds. The summed E-state index contributed by atoms with van der Waals surface area (Å²) in [5.74, 6) is 0.287. The summed E-state index contributed by atoms with van der Waals surface area (Å²) in [6.45, 7) is 1.89. The molecule has 0 N–H and O–H groups in total. The number of piperidine rings is 1. The zero-order chi connectivity index (χ0) is 18.9. The van der Waals surface area contributed by atoms with E-state index >= 15 is 0 Å². The minimum absolute atomic E-state index is 0.0811. The zero-order valence-electron chi connectivity index (χ0n) is 15.7. The lowest BCUT2D eigenvalue weighted by Gasteiger charge is -2.42. The highest BCUT2D eigenvalue weighted by atomic mass is 19.1. The SMILES string of the molecule is O=C(COc1ccc(F)cc1)N1CC[C@]2(CCCN(C3CCCC3)C2=O)C1. The van der Waals surface area contributed by atoms with Crippen molar-refractivity contribution in [3.05, 3.63) is 30.1 Å². The standard InChI is InChI=1S/C21H27FN2O3/c22-16-6-8-18(9-7-16)27-14-19(25)23-13-11-21(15-23)10-3-12-24(20(21)26)17-4-1-2-5-17/h6-9,17H,1-5,10-15H2/t21-/m1/s1. The van der Waals surface area contributed by atoms with E-state index in [-0.39, 0.29) is 24.2 Å². The van der Waals surface area contributed by atoms with Crippen LogP contribution in [0.2, 0.25) is 0 Å². The van der Waals surface area contributed by atoms with Crippen molar-refractivity contribution >= 4 is 11.8 Å². The summed E-state index contributed by atoms with van der Waals surface area (Å²) in [5.41, 5.74) is -0.396. The van der Waals surface area contributed by atoms with E-state index in [4.69, 9.17) is 4.74 Å². The van der Waals surface area contributed by atoms with Crippen LogP contribution < -0.4 is 4.74 Å². The molecule has 146 valence electrons. The number of benzene rings is 1. The summed E-state index contributed by atoms with van der Waals surface area (Å²) in [6, 6.07) is 6.05. The molecule has 3 aliphatic rings. The third kappa shape index (κ3) is 3.66. The molecule has 1 aromatic carbocycles. The van der Waals surface area contributed by atoms with Crippen LogP contribution in [0.4, 0.5) is 4.39 Å². The number of halogens is 1. The molecule has 2 saturated heterocycles. The smallest absolute Gasteiger partial charge is 0.260 e. The van der Waals surface area contributed by atoms with Crippen LogP contribution in [0.1, 0.15) is 44.9 Å². The molecule has 27 heavy (non-hydrogen) atoms. The van der Waals surface area contributed by atoms with Crippen molar-refractivity contribution in [2.75, 3.05) is 26.2 Å². The Kier molecular flexibility index (Phi) is 5.06. The highest BCUT2D eigenvalue weighted by Gasteiger charge is 2.50. The number of hydrogen-bond donors (Lipinski definition) is 0. The van der Waals surface area contributed by atoms with Gasteiger partial charge in [0, 0.05) is 25.7 Å². The largest absolute Gasteiger partial charge is 0.484 e. The van der Waals surface area contributed by atoms with E-state index in [0.29, 0.717) is 24.9 Å². The molecule has 6 heteroatoms. The predicted octanol–water partition coefficient (Wildman–Crippen LogP) is 2.99. The van der Waals surface area contributed by atoms with Crippen LogP contribution in [0.3, 0.4) is 0 Å². The fourth-order valence-corrected chi connectivity index (χ4v) is 4.90. The topological polar surface area (TPSA) is 49.9 Å². The average Bonchev–Trinajstić information content (AvgIpc) is 3.34. The molecule has 4 rings (SSSR count). The second kappa shape index (κ2) is 7.49. The van der Waals surface area contributed by atoms with E-state index in [2.05, 4.69) is 4.90 Å². The summed E-state index contributed by atoms with van der Waals surface area (Å²) in [5, 5.41) is 0. The maximum Gasteiger partial charge on any atom is 0.260 e. The lowest BCUT2D eigenvalue weighted by atomic mass is 9.77. The highest BCUT2D eigenvalue weighted by molar-refractivity contribution is 5.86. The normalized spacial score (nSPS) is 26.2. The number of hydrogen-bond acceptors (Lipinski definition) is 3. The third-order valence-corrected chi connectivity index (χ3v) is 6.42. The molecule has 1 atom stereocenters. The lowest BCUT2D eigenvalue weighted by Crippen LogP contribution is -2.53. The third-order valence-electron chi connectivity index (χ3n) is 6.42. The minimum atomic E-state index is -0.396. The first-order valence-electron chi connectivity index (χ1n) is 10.0. The molecular formula is C21H27FN2O3. The van der Waals surface area contributed by atoms with Gasteiger partial charge in [0.25, 0.3) is 5.91 Å². The summed E-state index contributed by atoms with van der Waals surface area (Å²) in [7, 11) is 0. The molecule has 0 aromatic heterocycles. The first-order valence-corrected chi connectivity index (χ1v) is 10.0. The Hall–Kier alpha value is -2.11.